The molecule has 2 heterocycles. The first kappa shape index (κ1) is 22.2. The minimum Gasteiger partial charge on any atom is -0.493 e. The number of hydrogen-bond acceptors (Lipinski definition) is 9. The van der Waals surface area contributed by atoms with Crippen molar-refractivity contribution in [3.05, 3.63) is 58.1 Å². The fourth-order valence-electron chi connectivity index (χ4n) is 3.44. The number of carbonyl (C=O) groups is 3. The highest BCUT2D eigenvalue weighted by atomic mass is 32.1. The number of amides is 3. The molecule has 0 spiro atoms. The Morgan fingerprint density at radius 1 is 0.970 bits per heavy atom. The first-order valence-corrected chi connectivity index (χ1v) is 10.7. The van der Waals surface area contributed by atoms with Gasteiger partial charge in [0, 0.05) is 18.5 Å². The maximum Gasteiger partial charge on any atom is 0.261 e. The van der Waals surface area contributed by atoms with E-state index in [1.54, 1.807) is 24.3 Å². The summed E-state index contributed by atoms with van der Waals surface area (Å²) in [6, 6.07) is 9.78. The molecule has 0 bridgehead atoms. The highest BCUT2D eigenvalue weighted by Gasteiger charge is 2.34. The minimum atomic E-state index is -0.433. The molecule has 4 rings (SSSR count). The van der Waals surface area contributed by atoms with Gasteiger partial charge in [-0.3, -0.25) is 24.6 Å². The number of methoxy groups -OCH3 is 3. The molecule has 0 atom stereocenters. The van der Waals surface area contributed by atoms with E-state index in [1.807, 2.05) is 0 Å². The number of fused-ring (bicyclic) bond motifs is 1. The molecular formula is C22H20N4O6S. The predicted octanol–water partition coefficient (Wildman–Crippen LogP) is 2.65. The molecule has 0 saturated heterocycles. The molecule has 0 saturated carbocycles. The predicted molar refractivity (Wildman–Crippen MR) is 119 cm³/mol. The number of rotatable bonds is 8. The highest BCUT2D eigenvalue weighted by molar-refractivity contribution is 7.15. The third-order valence-electron chi connectivity index (χ3n) is 5.04. The van der Waals surface area contributed by atoms with Gasteiger partial charge in [0.1, 0.15) is 5.01 Å². The molecule has 1 N–H and O–H groups in total. The highest BCUT2D eigenvalue weighted by Crippen LogP contribution is 2.38. The molecule has 10 nitrogen and oxygen atoms in total. The Hall–Kier alpha value is -3.99. The van der Waals surface area contributed by atoms with E-state index in [-0.39, 0.29) is 29.1 Å². The Labute approximate surface area is 193 Å². The van der Waals surface area contributed by atoms with E-state index in [0.29, 0.717) is 39.8 Å². The van der Waals surface area contributed by atoms with Crippen molar-refractivity contribution >= 4 is 34.2 Å². The number of nitrogens with zero attached hydrogens (tertiary/aromatic N) is 3. The van der Waals surface area contributed by atoms with Crippen molar-refractivity contribution in [2.45, 2.75) is 6.42 Å². The average Bonchev–Trinajstić information content (AvgIpc) is 3.38. The molecule has 11 heteroatoms. The fraction of sp³-hybridized carbons (Fsp3) is 0.227. The van der Waals surface area contributed by atoms with Crippen LogP contribution in [0, 0.1) is 0 Å². The largest absolute Gasteiger partial charge is 0.493 e. The van der Waals surface area contributed by atoms with Gasteiger partial charge in [-0.05, 0) is 24.3 Å². The van der Waals surface area contributed by atoms with Gasteiger partial charge < -0.3 is 14.2 Å². The number of anilines is 1. The summed E-state index contributed by atoms with van der Waals surface area (Å²) in [5.74, 6) is -0.00547. The lowest BCUT2D eigenvalue weighted by Gasteiger charge is -2.13. The topological polar surface area (TPSA) is 120 Å². The molecule has 3 aromatic rings. The van der Waals surface area contributed by atoms with E-state index in [0.717, 1.165) is 11.3 Å². The lowest BCUT2D eigenvalue weighted by Crippen LogP contribution is -2.31. The van der Waals surface area contributed by atoms with Gasteiger partial charge in [0.2, 0.25) is 10.9 Å². The maximum atomic E-state index is 12.7. The summed E-state index contributed by atoms with van der Waals surface area (Å²) in [6.45, 7) is 0.168. The summed E-state index contributed by atoms with van der Waals surface area (Å²) in [5.41, 5.74) is 1.09. The van der Waals surface area contributed by atoms with Crippen molar-refractivity contribution in [1.29, 1.82) is 0 Å². The molecule has 33 heavy (non-hydrogen) atoms. The monoisotopic (exact) mass is 468 g/mol. The van der Waals surface area contributed by atoms with Gasteiger partial charge in [0.25, 0.3) is 17.7 Å². The normalized spacial score (nSPS) is 12.5. The smallest absolute Gasteiger partial charge is 0.261 e. The summed E-state index contributed by atoms with van der Waals surface area (Å²) in [6.07, 6.45) is 0.323. The van der Waals surface area contributed by atoms with Crippen LogP contribution in [0.2, 0.25) is 0 Å². The van der Waals surface area contributed by atoms with Gasteiger partial charge in [-0.1, -0.05) is 23.5 Å². The molecule has 0 unspecified atom stereocenters. The zero-order valence-corrected chi connectivity index (χ0v) is 18.9. The molecule has 0 aliphatic carbocycles. The van der Waals surface area contributed by atoms with E-state index < -0.39 is 5.91 Å². The molecule has 1 aliphatic rings. The van der Waals surface area contributed by atoms with Gasteiger partial charge in [0.05, 0.1) is 32.5 Å². The second kappa shape index (κ2) is 9.25. The number of benzene rings is 2. The number of hydrogen-bond donors (Lipinski definition) is 1. The number of imide groups is 1. The van der Waals surface area contributed by atoms with E-state index in [4.69, 9.17) is 14.2 Å². The van der Waals surface area contributed by atoms with E-state index in [9.17, 15) is 14.4 Å². The number of ether oxygens (including phenoxy) is 3. The lowest BCUT2D eigenvalue weighted by atomic mass is 10.1. The summed E-state index contributed by atoms with van der Waals surface area (Å²) >= 11 is 1.16. The molecule has 1 aromatic heterocycles. The van der Waals surface area contributed by atoms with Gasteiger partial charge in [0.15, 0.2) is 11.5 Å². The number of nitrogens with one attached hydrogen (secondary N) is 1. The van der Waals surface area contributed by atoms with Gasteiger partial charge in [-0.15, -0.1) is 10.2 Å². The third-order valence-corrected chi connectivity index (χ3v) is 5.94. The van der Waals surface area contributed by atoms with Gasteiger partial charge in [-0.25, -0.2) is 0 Å². The van der Waals surface area contributed by atoms with Gasteiger partial charge in [-0.2, -0.15) is 0 Å². The standard InChI is InChI=1S/C22H20N4O6S/c1-30-15-10-12(11-16(31-2)18(15)32-3)19(27)23-22-25-24-17(33-22)8-9-26-20(28)13-6-4-5-7-14(13)21(26)29/h4-7,10-11H,8-9H2,1-3H3,(H,23,25,27). The molecule has 170 valence electrons. The van der Waals surface area contributed by atoms with Crippen LogP contribution in [0.1, 0.15) is 36.1 Å². The first-order chi connectivity index (χ1) is 16.0. The average molecular weight is 468 g/mol. The van der Waals surface area contributed by atoms with Crippen LogP contribution < -0.4 is 19.5 Å². The van der Waals surface area contributed by atoms with Crippen molar-refractivity contribution in [2.75, 3.05) is 33.2 Å². The second-order valence-electron chi connectivity index (χ2n) is 6.93. The van der Waals surface area contributed by atoms with Crippen molar-refractivity contribution in [1.82, 2.24) is 15.1 Å². The Morgan fingerprint density at radius 2 is 1.58 bits per heavy atom. The van der Waals surface area contributed by atoms with Crippen LogP contribution in [-0.4, -0.2) is 60.7 Å². The summed E-state index contributed by atoms with van der Waals surface area (Å²) in [7, 11) is 4.40. The van der Waals surface area contributed by atoms with Crippen molar-refractivity contribution in [3.63, 3.8) is 0 Å². The lowest BCUT2D eigenvalue weighted by molar-refractivity contribution is 0.0655. The second-order valence-corrected chi connectivity index (χ2v) is 7.99. The fourth-order valence-corrected chi connectivity index (χ4v) is 4.16. The molecule has 0 fully saturated rings. The van der Waals surface area contributed by atoms with Crippen molar-refractivity contribution in [2.24, 2.45) is 0 Å². The van der Waals surface area contributed by atoms with Crippen LogP contribution >= 0.6 is 11.3 Å². The first-order valence-electron chi connectivity index (χ1n) is 9.85. The van der Waals surface area contributed by atoms with E-state index in [2.05, 4.69) is 15.5 Å². The van der Waals surface area contributed by atoms with E-state index >= 15 is 0 Å². The van der Waals surface area contributed by atoms with Crippen LogP contribution in [0.4, 0.5) is 5.13 Å². The Bertz CT molecular complexity index is 1180. The summed E-state index contributed by atoms with van der Waals surface area (Å²) in [5, 5.41) is 11.6. The summed E-state index contributed by atoms with van der Waals surface area (Å²) in [4.78, 5) is 38.9. The minimum absolute atomic E-state index is 0.168. The van der Waals surface area contributed by atoms with Crippen LogP contribution in [0.25, 0.3) is 0 Å². The van der Waals surface area contributed by atoms with Crippen LogP contribution in [0.3, 0.4) is 0 Å². The Kier molecular flexibility index (Phi) is 6.22. The Balaban J connectivity index is 1.42. The molecule has 1 aliphatic heterocycles. The van der Waals surface area contributed by atoms with Gasteiger partial charge >= 0.3 is 0 Å². The van der Waals surface area contributed by atoms with Crippen LogP contribution in [0.5, 0.6) is 17.2 Å². The number of aromatic nitrogens is 2. The van der Waals surface area contributed by atoms with Crippen molar-refractivity contribution in [3.8, 4) is 17.2 Å². The van der Waals surface area contributed by atoms with Crippen LogP contribution in [-0.2, 0) is 6.42 Å². The maximum absolute atomic E-state index is 12.7. The SMILES string of the molecule is COc1cc(C(=O)Nc2nnc(CCN3C(=O)c4ccccc4C3=O)s2)cc(OC)c1OC. The zero-order chi connectivity index (χ0) is 23.5. The van der Waals surface area contributed by atoms with E-state index in [1.165, 1.54) is 38.4 Å². The summed E-state index contributed by atoms with van der Waals surface area (Å²) < 4.78 is 15.8. The van der Waals surface area contributed by atoms with Crippen LogP contribution in [0.15, 0.2) is 36.4 Å². The molecule has 2 aromatic carbocycles. The molecular weight excluding hydrogens is 448 g/mol. The van der Waals surface area contributed by atoms with Crippen molar-refractivity contribution < 1.29 is 28.6 Å². The molecule has 0 radical (unpaired) electrons. The zero-order valence-electron chi connectivity index (χ0n) is 18.1. The Morgan fingerprint density at radius 3 is 2.12 bits per heavy atom. The number of carbonyl (C=O) groups excluding carboxylic acids is 3. The third kappa shape index (κ3) is 4.22. The molecule has 3 amide bonds. The quantitative estimate of drug-likeness (QED) is 0.501.